The molecular formula is C16H20ClN7O. The molecule has 0 aliphatic carbocycles. The van der Waals surface area contributed by atoms with Crippen LogP contribution in [0.25, 0.3) is 0 Å². The smallest absolute Gasteiger partial charge is 0.280 e. The molecule has 1 amide bonds. The Kier molecular flexibility index (Phi) is 6.53. The fraction of sp³-hybridized carbons (Fsp3) is 0.250. The number of aromatic nitrogens is 2. The van der Waals surface area contributed by atoms with E-state index in [9.17, 15) is 4.79 Å². The summed E-state index contributed by atoms with van der Waals surface area (Å²) >= 11 is 5.73. The van der Waals surface area contributed by atoms with Crippen molar-refractivity contribution in [3.8, 4) is 0 Å². The number of rotatable bonds is 6. The first-order chi connectivity index (χ1) is 12.0. The molecule has 1 aromatic carbocycles. The lowest BCUT2D eigenvalue weighted by Gasteiger charge is -2.10. The van der Waals surface area contributed by atoms with Crippen LogP contribution in [-0.4, -0.2) is 28.4 Å². The van der Waals surface area contributed by atoms with Gasteiger partial charge in [-0.3, -0.25) is 15.5 Å². The molecule has 0 saturated heterocycles. The number of carbonyl (C=O) groups excluding carboxylic acids is 1. The number of nitrogens with two attached hydrogens (primary N) is 2. The van der Waals surface area contributed by atoms with Crippen LogP contribution in [0.3, 0.4) is 0 Å². The SMILES string of the molecule is N=C(NCCCCc1ccccc1)NC(=O)c1nc(Cl)c(N)nc1N. The van der Waals surface area contributed by atoms with Crippen LogP contribution < -0.4 is 22.1 Å². The van der Waals surface area contributed by atoms with E-state index >= 15 is 0 Å². The second-order valence-electron chi connectivity index (χ2n) is 5.33. The normalized spacial score (nSPS) is 10.3. The van der Waals surface area contributed by atoms with Gasteiger partial charge < -0.3 is 16.8 Å². The third-order valence-corrected chi connectivity index (χ3v) is 3.67. The molecule has 0 saturated carbocycles. The minimum absolute atomic E-state index is 0.0534. The maximum Gasteiger partial charge on any atom is 0.280 e. The van der Waals surface area contributed by atoms with Crippen LogP contribution in [0, 0.1) is 5.41 Å². The van der Waals surface area contributed by atoms with Crippen LogP contribution in [0.5, 0.6) is 0 Å². The fourth-order valence-corrected chi connectivity index (χ4v) is 2.26. The van der Waals surface area contributed by atoms with Gasteiger partial charge in [-0.05, 0) is 24.8 Å². The molecule has 0 aliphatic heterocycles. The fourth-order valence-electron chi connectivity index (χ4n) is 2.14. The molecule has 1 aromatic heterocycles. The molecular weight excluding hydrogens is 342 g/mol. The highest BCUT2D eigenvalue weighted by Crippen LogP contribution is 2.17. The summed E-state index contributed by atoms with van der Waals surface area (Å²) < 4.78 is 0. The topological polar surface area (TPSA) is 143 Å². The molecule has 7 N–H and O–H groups in total. The average Bonchev–Trinajstić information content (AvgIpc) is 2.58. The summed E-state index contributed by atoms with van der Waals surface area (Å²) in [7, 11) is 0. The van der Waals surface area contributed by atoms with E-state index in [1.807, 2.05) is 18.2 Å². The minimum Gasteiger partial charge on any atom is -0.382 e. The van der Waals surface area contributed by atoms with Gasteiger partial charge >= 0.3 is 0 Å². The first-order valence-corrected chi connectivity index (χ1v) is 8.11. The quantitative estimate of drug-likeness (QED) is 0.300. The van der Waals surface area contributed by atoms with E-state index in [1.165, 1.54) is 5.56 Å². The highest BCUT2D eigenvalue weighted by molar-refractivity contribution is 6.31. The van der Waals surface area contributed by atoms with E-state index in [-0.39, 0.29) is 28.4 Å². The molecule has 0 spiro atoms. The van der Waals surface area contributed by atoms with Gasteiger partial charge in [-0.1, -0.05) is 41.9 Å². The van der Waals surface area contributed by atoms with E-state index in [0.29, 0.717) is 6.54 Å². The summed E-state index contributed by atoms with van der Waals surface area (Å²) in [5.41, 5.74) is 12.2. The predicted molar refractivity (Wildman–Crippen MR) is 98.4 cm³/mol. The van der Waals surface area contributed by atoms with Crippen molar-refractivity contribution < 1.29 is 4.79 Å². The number of nitrogens with one attached hydrogen (secondary N) is 3. The first-order valence-electron chi connectivity index (χ1n) is 7.73. The van der Waals surface area contributed by atoms with Crippen molar-refractivity contribution in [3.05, 3.63) is 46.7 Å². The Labute approximate surface area is 150 Å². The number of hydrogen-bond donors (Lipinski definition) is 5. The largest absolute Gasteiger partial charge is 0.382 e. The van der Waals surface area contributed by atoms with Gasteiger partial charge in [-0.2, -0.15) is 0 Å². The monoisotopic (exact) mass is 361 g/mol. The number of carbonyl (C=O) groups is 1. The Balaban J connectivity index is 1.73. The van der Waals surface area contributed by atoms with Gasteiger partial charge in [0.2, 0.25) is 0 Å². The molecule has 1 heterocycles. The number of hydrogen-bond acceptors (Lipinski definition) is 6. The summed E-state index contributed by atoms with van der Waals surface area (Å²) in [6.45, 7) is 0.565. The molecule has 0 aliphatic rings. The molecule has 132 valence electrons. The molecule has 25 heavy (non-hydrogen) atoms. The lowest BCUT2D eigenvalue weighted by Crippen LogP contribution is -2.41. The van der Waals surface area contributed by atoms with E-state index in [0.717, 1.165) is 19.3 Å². The van der Waals surface area contributed by atoms with Crippen LogP contribution >= 0.6 is 11.6 Å². The summed E-state index contributed by atoms with van der Waals surface area (Å²) in [4.78, 5) is 19.6. The van der Waals surface area contributed by atoms with Gasteiger partial charge in [0.15, 0.2) is 28.4 Å². The van der Waals surface area contributed by atoms with Crippen LogP contribution in [0.15, 0.2) is 30.3 Å². The molecule has 0 bridgehead atoms. The number of unbranched alkanes of at least 4 members (excludes halogenated alkanes) is 1. The molecule has 0 fully saturated rings. The number of amides is 1. The van der Waals surface area contributed by atoms with E-state index < -0.39 is 5.91 Å². The summed E-state index contributed by atoms with van der Waals surface area (Å²) in [5, 5.41) is 12.8. The molecule has 0 atom stereocenters. The molecule has 2 rings (SSSR count). The molecule has 2 aromatic rings. The Morgan fingerprint density at radius 1 is 1.12 bits per heavy atom. The van der Waals surface area contributed by atoms with Gasteiger partial charge in [0.1, 0.15) is 0 Å². The summed E-state index contributed by atoms with van der Waals surface area (Å²) in [6, 6.07) is 10.2. The third-order valence-electron chi connectivity index (χ3n) is 3.40. The molecule has 0 unspecified atom stereocenters. The number of nitrogen functional groups attached to an aromatic ring is 2. The number of benzene rings is 1. The van der Waals surface area contributed by atoms with E-state index in [2.05, 4.69) is 32.7 Å². The molecule has 9 heteroatoms. The van der Waals surface area contributed by atoms with Crippen LogP contribution in [0.1, 0.15) is 28.9 Å². The maximum atomic E-state index is 12.0. The highest BCUT2D eigenvalue weighted by Gasteiger charge is 2.16. The van der Waals surface area contributed by atoms with Crippen LogP contribution in [0.2, 0.25) is 5.15 Å². The lowest BCUT2D eigenvalue weighted by molar-refractivity contribution is 0.0971. The van der Waals surface area contributed by atoms with Crippen LogP contribution in [-0.2, 0) is 6.42 Å². The standard InChI is InChI=1S/C16H20ClN7O/c17-12-14(19)23-13(18)11(22-12)15(25)24-16(20)21-9-5-4-8-10-6-2-1-3-7-10/h1-3,6-7H,4-5,8-9H2,(H4,18,19,23)(H3,20,21,24,25). The molecule has 8 nitrogen and oxygen atoms in total. The number of nitrogens with zero attached hydrogens (tertiary/aromatic N) is 2. The predicted octanol–water partition coefficient (Wildman–Crippen LogP) is 1.57. The van der Waals surface area contributed by atoms with Crippen molar-refractivity contribution in [2.45, 2.75) is 19.3 Å². The molecule has 0 radical (unpaired) electrons. The summed E-state index contributed by atoms with van der Waals surface area (Å²) in [6.07, 6.45) is 2.81. The maximum absolute atomic E-state index is 12.0. The van der Waals surface area contributed by atoms with Crippen molar-refractivity contribution in [2.24, 2.45) is 0 Å². The van der Waals surface area contributed by atoms with Crippen molar-refractivity contribution in [3.63, 3.8) is 0 Å². The zero-order chi connectivity index (χ0) is 18.2. The lowest BCUT2D eigenvalue weighted by atomic mass is 10.1. The van der Waals surface area contributed by atoms with E-state index in [1.54, 1.807) is 0 Å². The Hall–Kier alpha value is -2.87. The zero-order valence-electron chi connectivity index (χ0n) is 13.6. The number of aryl methyl sites for hydroxylation is 1. The Bertz CT molecular complexity index is 752. The number of halogens is 1. The van der Waals surface area contributed by atoms with Gasteiger partial charge in [0, 0.05) is 6.54 Å². The van der Waals surface area contributed by atoms with Gasteiger partial charge in [-0.15, -0.1) is 0 Å². The van der Waals surface area contributed by atoms with Gasteiger partial charge in [0.05, 0.1) is 0 Å². The zero-order valence-corrected chi connectivity index (χ0v) is 14.3. The van der Waals surface area contributed by atoms with Crippen molar-refractivity contribution >= 4 is 35.1 Å². The second-order valence-corrected chi connectivity index (χ2v) is 5.69. The number of guanidine groups is 1. The minimum atomic E-state index is -0.673. The Morgan fingerprint density at radius 3 is 2.56 bits per heavy atom. The Morgan fingerprint density at radius 2 is 1.84 bits per heavy atom. The highest BCUT2D eigenvalue weighted by atomic mass is 35.5. The van der Waals surface area contributed by atoms with Gasteiger partial charge in [-0.25, -0.2) is 9.97 Å². The van der Waals surface area contributed by atoms with E-state index in [4.69, 9.17) is 28.5 Å². The van der Waals surface area contributed by atoms with Crippen molar-refractivity contribution in [1.29, 1.82) is 5.41 Å². The second kappa shape index (κ2) is 8.84. The van der Waals surface area contributed by atoms with Gasteiger partial charge in [0.25, 0.3) is 5.91 Å². The van der Waals surface area contributed by atoms with Crippen molar-refractivity contribution in [1.82, 2.24) is 20.6 Å². The first kappa shape index (κ1) is 18.5. The van der Waals surface area contributed by atoms with Crippen LogP contribution in [0.4, 0.5) is 11.6 Å². The summed E-state index contributed by atoms with van der Waals surface area (Å²) in [5.74, 6) is -1.01. The third kappa shape index (κ3) is 5.61. The van der Waals surface area contributed by atoms with Crippen molar-refractivity contribution in [2.75, 3.05) is 18.0 Å². The number of anilines is 2. The average molecular weight is 362 g/mol.